The van der Waals surface area contributed by atoms with Gasteiger partial charge in [-0.05, 0) is 20.8 Å². The normalized spacial score (nSPS) is 23.1. The highest BCUT2D eigenvalue weighted by molar-refractivity contribution is 7.91. The molecule has 0 N–H and O–H groups in total. The Balaban J connectivity index is 1.64. The van der Waals surface area contributed by atoms with Gasteiger partial charge in [-0.15, -0.1) is 0 Å². The van der Waals surface area contributed by atoms with Crippen LogP contribution >= 0.6 is 0 Å². The molecular formula is C20H28F2N2O4S. The lowest BCUT2D eigenvalue weighted by Crippen LogP contribution is -2.50. The quantitative estimate of drug-likeness (QED) is 0.689. The van der Waals surface area contributed by atoms with E-state index in [9.17, 15) is 18.1 Å². The summed E-state index contributed by atoms with van der Waals surface area (Å²) in [5, 5.41) is 0. The summed E-state index contributed by atoms with van der Waals surface area (Å²) in [5.74, 6) is -0.329. The van der Waals surface area contributed by atoms with Crippen LogP contribution in [-0.4, -0.2) is 64.9 Å². The van der Waals surface area contributed by atoms with Gasteiger partial charge in [0.2, 0.25) is 0 Å². The molecule has 2 saturated heterocycles. The van der Waals surface area contributed by atoms with Crippen LogP contribution in [0.2, 0.25) is 0 Å². The van der Waals surface area contributed by atoms with Gasteiger partial charge in [-0.2, -0.15) is 0 Å². The molecule has 0 aromatic heterocycles. The minimum absolute atomic E-state index is 0.00801. The average molecular weight is 431 g/mol. The van der Waals surface area contributed by atoms with Gasteiger partial charge in [0, 0.05) is 51.2 Å². The predicted molar refractivity (Wildman–Crippen MR) is 108 cm³/mol. The number of hydrogen-bond acceptors (Lipinski definition) is 5. The number of anilines is 1. The number of piperazine rings is 1. The molecule has 29 heavy (non-hydrogen) atoms. The van der Waals surface area contributed by atoms with Crippen LogP contribution in [0.25, 0.3) is 0 Å². The number of carbonyl (C=O) groups is 1. The Morgan fingerprint density at radius 2 is 1.72 bits per heavy atom. The fourth-order valence-electron chi connectivity index (χ4n) is 3.38. The molecule has 2 fully saturated rings. The molecule has 6 nitrogen and oxygen atoms in total. The summed E-state index contributed by atoms with van der Waals surface area (Å²) in [6.07, 6.45) is 0.570. The van der Waals surface area contributed by atoms with Gasteiger partial charge in [0.05, 0.1) is 5.69 Å². The summed E-state index contributed by atoms with van der Waals surface area (Å²) in [5.41, 5.74) is -0.320. The summed E-state index contributed by atoms with van der Waals surface area (Å²) >= 11 is -0.835. The van der Waals surface area contributed by atoms with Crippen molar-refractivity contribution in [3.8, 4) is 5.75 Å². The Bertz CT molecular complexity index is 728. The van der Waals surface area contributed by atoms with Crippen molar-refractivity contribution in [1.29, 1.82) is 0 Å². The van der Waals surface area contributed by atoms with Crippen LogP contribution in [-0.2, 0) is 15.9 Å². The molecular weight excluding hydrogens is 402 g/mol. The number of ether oxygens (including phenoxy) is 2. The van der Waals surface area contributed by atoms with Crippen LogP contribution in [0.1, 0.15) is 33.6 Å². The molecule has 0 unspecified atom stereocenters. The third-order valence-corrected chi connectivity index (χ3v) is 6.28. The van der Waals surface area contributed by atoms with Gasteiger partial charge < -0.3 is 23.8 Å². The van der Waals surface area contributed by atoms with Crippen molar-refractivity contribution < 1.29 is 27.6 Å². The van der Waals surface area contributed by atoms with Gasteiger partial charge in [0.1, 0.15) is 29.0 Å². The van der Waals surface area contributed by atoms with E-state index in [1.54, 1.807) is 30.6 Å². The number of hydrogen-bond donors (Lipinski definition) is 0. The number of carbonyl (C=O) groups excluding carboxylic acids is 1. The average Bonchev–Trinajstić information content (AvgIpc) is 2.64. The Labute approximate surface area is 173 Å². The highest BCUT2D eigenvalue weighted by atomic mass is 32.2. The first kappa shape index (κ1) is 22.0. The Morgan fingerprint density at radius 3 is 2.31 bits per heavy atom. The topological polar surface area (TPSA) is 65.1 Å². The summed E-state index contributed by atoms with van der Waals surface area (Å²) in [7, 11) is 0. The van der Waals surface area contributed by atoms with Crippen molar-refractivity contribution in [2.24, 2.45) is 0 Å². The molecule has 1 aromatic rings. The molecule has 0 aliphatic carbocycles. The van der Waals surface area contributed by atoms with E-state index in [0.717, 1.165) is 6.07 Å². The Morgan fingerprint density at radius 1 is 1.10 bits per heavy atom. The molecule has 162 valence electrons. The lowest BCUT2D eigenvalue weighted by atomic mass is 10.2. The molecule has 2 heterocycles. The van der Waals surface area contributed by atoms with Crippen LogP contribution in [0, 0.1) is 11.6 Å². The smallest absolute Gasteiger partial charge is 0.410 e. The zero-order valence-electron chi connectivity index (χ0n) is 17.1. The molecule has 9 heteroatoms. The first-order valence-corrected chi connectivity index (χ1v) is 11.3. The highest BCUT2D eigenvalue weighted by Gasteiger charge is 2.29. The molecule has 0 radical (unpaired) electrons. The molecule has 1 amide bonds. The largest absolute Gasteiger partial charge is 0.616 e. The van der Waals surface area contributed by atoms with E-state index in [0.29, 0.717) is 50.5 Å². The Hall–Kier alpha value is -1.74. The third-order valence-electron chi connectivity index (χ3n) is 4.90. The lowest BCUT2D eigenvalue weighted by Gasteiger charge is -2.37. The van der Waals surface area contributed by atoms with E-state index < -0.39 is 34.5 Å². The first-order chi connectivity index (χ1) is 13.6. The molecule has 1 aromatic carbocycles. The number of rotatable bonds is 3. The number of halogens is 2. The first-order valence-electron chi connectivity index (χ1n) is 9.86. The summed E-state index contributed by atoms with van der Waals surface area (Å²) in [6.45, 7) is 7.00. The fourth-order valence-corrected chi connectivity index (χ4v) is 4.63. The zero-order valence-corrected chi connectivity index (χ0v) is 17.9. The van der Waals surface area contributed by atoms with E-state index in [1.165, 1.54) is 6.07 Å². The van der Waals surface area contributed by atoms with Crippen LogP contribution in [0.15, 0.2) is 12.1 Å². The molecule has 0 saturated carbocycles. The maximum Gasteiger partial charge on any atom is 0.410 e. The van der Waals surface area contributed by atoms with Gasteiger partial charge in [-0.25, -0.2) is 13.6 Å². The van der Waals surface area contributed by atoms with Gasteiger partial charge in [-0.1, -0.05) is 11.2 Å². The summed E-state index contributed by atoms with van der Waals surface area (Å²) in [6, 6.07) is 2.23. The van der Waals surface area contributed by atoms with E-state index in [1.807, 2.05) is 0 Å². The molecule has 0 spiro atoms. The van der Waals surface area contributed by atoms with Crippen molar-refractivity contribution in [1.82, 2.24) is 4.90 Å². The second-order valence-electron chi connectivity index (χ2n) is 8.35. The van der Waals surface area contributed by atoms with Crippen molar-refractivity contribution in [3.05, 3.63) is 23.8 Å². The minimum atomic E-state index is -0.835. The van der Waals surface area contributed by atoms with E-state index >= 15 is 0 Å². The molecule has 2 aliphatic rings. The maximum atomic E-state index is 14.4. The molecule has 0 bridgehead atoms. The summed E-state index contributed by atoms with van der Waals surface area (Å²) in [4.78, 5) is 15.5. The number of nitrogens with zero attached hydrogens (tertiary/aromatic N) is 2. The maximum absolute atomic E-state index is 14.4. The number of benzene rings is 1. The monoisotopic (exact) mass is 430 g/mol. The zero-order chi connectivity index (χ0) is 21.2. The van der Waals surface area contributed by atoms with Crippen LogP contribution in [0.4, 0.5) is 19.3 Å². The van der Waals surface area contributed by atoms with Gasteiger partial charge >= 0.3 is 6.09 Å². The minimum Gasteiger partial charge on any atom is -0.616 e. The highest BCUT2D eigenvalue weighted by Crippen LogP contribution is 2.31. The van der Waals surface area contributed by atoms with E-state index in [2.05, 4.69) is 0 Å². The van der Waals surface area contributed by atoms with Gasteiger partial charge in [-0.3, -0.25) is 0 Å². The predicted octanol–water partition coefficient (Wildman–Crippen LogP) is 3.31. The van der Waals surface area contributed by atoms with Crippen molar-refractivity contribution in [2.45, 2.75) is 45.3 Å². The van der Waals surface area contributed by atoms with Crippen molar-refractivity contribution in [2.75, 3.05) is 42.6 Å². The molecule has 2 aliphatic heterocycles. The van der Waals surface area contributed by atoms with Crippen LogP contribution in [0.3, 0.4) is 0 Å². The SMILES string of the molecule is CC(C)(C)OC(=O)N1CCN(c2cc(O[C@H]3CC[S@@+]([O-])CC3)c(F)cc2F)CC1. The van der Waals surface area contributed by atoms with E-state index in [-0.39, 0.29) is 17.5 Å². The fraction of sp³-hybridized carbons (Fsp3) is 0.650. The molecule has 0 atom stereocenters. The van der Waals surface area contributed by atoms with Gasteiger partial charge in [0.15, 0.2) is 11.6 Å². The standard InChI is InChI=1S/C20H28F2N2O4S/c1-20(2,3)28-19(25)24-8-6-23(7-9-24)17-13-18(16(22)12-15(17)21)27-14-4-10-29(26)11-5-14/h12-14H,4-11H2,1-3H3/t14-,29+. The lowest BCUT2D eigenvalue weighted by molar-refractivity contribution is 0.0240. The second-order valence-corrected chi connectivity index (χ2v) is 10.0. The molecule has 3 rings (SSSR count). The summed E-state index contributed by atoms with van der Waals surface area (Å²) < 4.78 is 51.3. The number of amides is 1. The van der Waals surface area contributed by atoms with Crippen LogP contribution < -0.4 is 9.64 Å². The third kappa shape index (κ3) is 5.88. The van der Waals surface area contributed by atoms with Crippen LogP contribution in [0.5, 0.6) is 5.75 Å². The second kappa shape index (κ2) is 8.95. The van der Waals surface area contributed by atoms with E-state index in [4.69, 9.17) is 9.47 Å². The van der Waals surface area contributed by atoms with Gasteiger partial charge in [0.25, 0.3) is 0 Å². The van der Waals surface area contributed by atoms with Crippen molar-refractivity contribution >= 4 is 23.0 Å². The Kier molecular flexibility index (Phi) is 6.78. The van der Waals surface area contributed by atoms with Crippen molar-refractivity contribution in [3.63, 3.8) is 0 Å².